The minimum atomic E-state index is 0.0636. The molecule has 3 rings (SSSR count). The topological polar surface area (TPSA) is 51.2 Å². The van der Waals surface area contributed by atoms with Gasteiger partial charge in [0.2, 0.25) is 11.8 Å². The van der Waals surface area contributed by atoms with Crippen LogP contribution in [0, 0.1) is 0 Å². The number of rotatable bonds is 2. The standard InChI is InChI=1S/C14H11BrN2O2/c15-11-2-1-7-16-14(11)19-10-4-5-12-9(8-10)3-6-13(18)17-12/h1-2,4-5,7-8H,3,6H2,(H,17,18). The zero-order valence-corrected chi connectivity index (χ0v) is 11.6. The average molecular weight is 319 g/mol. The summed E-state index contributed by atoms with van der Waals surface area (Å²) in [6.07, 6.45) is 2.93. The van der Waals surface area contributed by atoms with Gasteiger partial charge in [0.05, 0.1) is 4.47 Å². The van der Waals surface area contributed by atoms with E-state index in [1.807, 2.05) is 30.3 Å². The predicted molar refractivity (Wildman–Crippen MR) is 75.4 cm³/mol. The maximum absolute atomic E-state index is 11.3. The summed E-state index contributed by atoms with van der Waals surface area (Å²) >= 11 is 3.39. The molecule has 4 nitrogen and oxygen atoms in total. The lowest BCUT2D eigenvalue weighted by atomic mass is 10.0. The molecule has 0 atom stereocenters. The van der Waals surface area contributed by atoms with Gasteiger partial charge in [0, 0.05) is 18.3 Å². The molecule has 1 N–H and O–H groups in total. The highest BCUT2D eigenvalue weighted by Gasteiger charge is 2.15. The van der Waals surface area contributed by atoms with Crippen molar-refractivity contribution in [3.63, 3.8) is 0 Å². The molecule has 2 aromatic rings. The Balaban J connectivity index is 1.87. The number of carbonyl (C=O) groups excluding carboxylic acids is 1. The number of benzene rings is 1. The number of aromatic nitrogens is 1. The zero-order chi connectivity index (χ0) is 13.2. The third-order valence-electron chi connectivity index (χ3n) is 2.91. The number of aryl methyl sites for hydroxylation is 1. The molecule has 1 amide bonds. The largest absolute Gasteiger partial charge is 0.438 e. The van der Waals surface area contributed by atoms with Gasteiger partial charge in [0.15, 0.2) is 0 Å². The first-order valence-corrected chi connectivity index (χ1v) is 6.73. The molecule has 0 saturated carbocycles. The van der Waals surface area contributed by atoms with Crippen LogP contribution in [0.1, 0.15) is 12.0 Å². The number of anilines is 1. The quantitative estimate of drug-likeness (QED) is 0.921. The molecule has 0 saturated heterocycles. The van der Waals surface area contributed by atoms with Crippen molar-refractivity contribution in [1.82, 2.24) is 4.98 Å². The van der Waals surface area contributed by atoms with Crippen molar-refractivity contribution in [2.24, 2.45) is 0 Å². The van der Waals surface area contributed by atoms with Crippen LogP contribution in [-0.2, 0) is 11.2 Å². The maximum Gasteiger partial charge on any atom is 0.233 e. The van der Waals surface area contributed by atoms with E-state index in [-0.39, 0.29) is 5.91 Å². The number of hydrogen-bond acceptors (Lipinski definition) is 3. The molecule has 0 radical (unpaired) electrons. The third kappa shape index (κ3) is 2.61. The van der Waals surface area contributed by atoms with Gasteiger partial charge in [-0.2, -0.15) is 0 Å². The average Bonchev–Trinajstić information content (AvgIpc) is 2.41. The van der Waals surface area contributed by atoms with Crippen LogP contribution in [0.4, 0.5) is 5.69 Å². The number of carbonyl (C=O) groups is 1. The molecular weight excluding hydrogens is 308 g/mol. The van der Waals surface area contributed by atoms with Crippen LogP contribution in [0.25, 0.3) is 0 Å². The van der Waals surface area contributed by atoms with Gasteiger partial charge < -0.3 is 10.1 Å². The lowest BCUT2D eigenvalue weighted by Crippen LogP contribution is -2.18. The summed E-state index contributed by atoms with van der Waals surface area (Å²) in [7, 11) is 0. The fourth-order valence-corrected chi connectivity index (χ4v) is 2.32. The molecule has 19 heavy (non-hydrogen) atoms. The van der Waals surface area contributed by atoms with Crippen LogP contribution >= 0.6 is 15.9 Å². The van der Waals surface area contributed by atoms with E-state index < -0.39 is 0 Å². The monoisotopic (exact) mass is 318 g/mol. The van der Waals surface area contributed by atoms with Gasteiger partial charge in [-0.3, -0.25) is 4.79 Å². The molecule has 0 aliphatic carbocycles. The molecule has 0 unspecified atom stereocenters. The summed E-state index contributed by atoms with van der Waals surface area (Å²) in [5.74, 6) is 1.31. The molecule has 1 aromatic carbocycles. The molecule has 0 fully saturated rings. The number of nitrogens with zero attached hydrogens (tertiary/aromatic N) is 1. The molecule has 0 spiro atoms. The Labute approximate surface area is 118 Å². The van der Waals surface area contributed by atoms with Gasteiger partial charge in [-0.05, 0) is 58.2 Å². The van der Waals surface area contributed by atoms with E-state index in [9.17, 15) is 4.79 Å². The van der Waals surface area contributed by atoms with Crippen molar-refractivity contribution in [3.8, 4) is 11.6 Å². The van der Waals surface area contributed by atoms with Crippen molar-refractivity contribution in [2.75, 3.05) is 5.32 Å². The van der Waals surface area contributed by atoms with Gasteiger partial charge >= 0.3 is 0 Å². The van der Waals surface area contributed by atoms with Crippen molar-refractivity contribution in [2.45, 2.75) is 12.8 Å². The second kappa shape index (κ2) is 5.01. The summed E-state index contributed by atoms with van der Waals surface area (Å²) < 4.78 is 6.54. The van der Waals surface area contributed by atoms with E-state index in [2.05, 4.69) is 26.2 Å². The van der Waals surface area contributed by atoms with Gasteiger partial charge in [-0.25, -0.2) is 4.98 Å². The summed E-state index contributed by atoms with van der Waals surface area (Å²) in [6.45, 7) is 0. The Morgan fingerprint density at radius 3 is 3.00 bits per heavy atom. The zero-order valence-electron chi connectivity index (χ0n) is 10.0. The summed E-state index contributed by atoms with van der Waals surface area (Å²) in [4.78, 5) is 15.4. The van der Waals surface area contributed by atoms with E-state index in [4.69, 9.17) is 4.74 Å². The highest BCUT2D eigenvalue weighted by molar-refractivity contribution is 9.10. The first-order chi connectivity index (χ1) is 9.22. The fraction of sp³-hybridized carbons (Fsp3) is 0.143. The van der Waals surface area contributed by atoms with Gasteiger partial charge in [-0.15, -0.1) is 0 Å². The molecule has 1 aromatic heterocycles. The maximum atomic E-state index is 11.3. The second-order valence-electron chi connectivity index (χ2n) is 4.26. The van der Waals surface area contributed by atoms with E-state index in [1.54, 1.807) is 6.20 Å². The van der Waals surface area contributed by atoms with Crippen LogP contribution in [0.2, 0.25) is 0 Å². The number of amides is 1. The van der Waals surface area contributed by atoms with Gasteiger partial charge in [-0.1, -0.05) is 0 Å². The van der Waals surface area contributed by atoms with Crippen molar-refractivity contribution < 1.29 is 9.53 Å². The van der Waals surface area contributed by atoms with E-state index in [0.717, 1.165) is 22.1 Å². The number of nitrogens with one attached hydrogen (secondary N) is 1. The molecular formula is C14H11BrN2O2. The Morgan fingerprint density at radius 2 is 2.16 bits per heavy atom. The highest BCUT2D eigenvalue weighted by atomic mass is 79.9. The van der Waals surface area contributed by atoms with Gasteiger partial charge in [0.25, 0.3) is 0 Å². The smallest absolute Gasteiger partial charge is 0.233 e. The minimum absolute atomic E-state index is 0.0636. The molecule has 1 aliphatic rings. The Morgan fingerprint density at radius 1 is 1.26 bits per heavy atom. The normalized spacial score (nSPS) is 13.6. The van der Waals surface area contributed by atoms with Gasteiger partial charge in [0.1, 0.15) is 5.75 Å². The predicted octanol–water partition coefficient (Wildman–Crippen LogP) is 3.52. The number of pyridine rings is 1. The second-order valence-corrected chi connectivity index (χ2v) is 5.11. The van der Waals surface area contributed by atoms with Crippen LogP contribution in [0.15, 0.2) is 41.0 Å². The molecule has 5 heteroatoms. The Bertz CT molecular complexity index is 643. The lowest BCUT2D eigenvalue weighted by Gasteiger charge is -2.17. The number of hydrogen-bond donors (Lipinski definition) is 1. The van der Waals surface area contributed by atoms with Crippen LogP contribution in [-0.4, -0.2) is 10.9 Å². The van der Waals surface area contributed by atoms with E-state index >= 15 is 0 Å². The van der Waals surface area contributed by atoms with Crippen LogP contribution < -0.4 is 10.1 Å². The first-order valence-electron chi connectivity index (χ1n) is 5.93. The first kappa shape index (κ1) is 12.2. The number of fused-ring (bicyclic) bond motifs is 1. The Kier molecular flexibility index (Phi) is 3.21. The number of halogens is 1. The lowest BCUT2D eigenvalue weighted by molar-refractivity contribution is -0.116. The molecule has 1 aliphatic heterocycles. The fourth-order valence-electron chi connectivity index (χ4n) is 1.98. The van der Waals surface area contributed by atoms with E-state index in [0.29, 0.717) is 18.1 Å². The minimum Gasteiger partial charge on any atom is -0.438 e. The Hall–Kier alpha value is -1.88. The highest BCUT2D eigenvalue weighted by Crippen LogP contribution is 2.31. The summed E-state index contributed by atoms with van der Waals surface area (Å²) in [6, 6.07) is 9.33. The van der Waals surface area contributed by atoms with Crippen molar-refractivity contribution in [1.29, 1.82) is 0 Å². The summed E-state index contributed by atoms with van der Waals surface area (Å²) in [5.41, 5.74) is 1.95. The van der Waals surface area contributed by atoms with Crippen LogP contribution in [0.3, 0.4) is 0 Å². The van der Waals surface area contributed by atoms with Crippen molar-refractivity contribution >= 4 is 27.5 Å². The number of ether oxygens (including phenoxy) is 1. The third-order valence-corrected chi connectivity index (χ3v) is 3.51. The van der Waals surface area contributed by atoms with Crippen molar-refractivity contribution in [3.05, 3.63) is 46.6 Å². The SMILES string of the molecule is O=C1CCc2cc(Oc3ncccc3Br)ccc2N1. The molecule has 0 bridgehead atoms. The van der Waals surface area contributed by atoms with Crippen LogP contribution in [0.5, 0.6) is 11.6 Å². The summed E-state index contributed by atoms with van der Waals surface area (Å²) in [5, 5.41) is 2.84. The molecule has 2 heterocycles. The molecule has 96 valence electrons. The van der Waals surface area contributed by atoms with E-state index in [1.165, 1.54) is 0 Å².